The number of nitrogens with zero attached hydrogens (tertiary/aromatic N) is 1. The number of hydrogen-bond donors (Lipinski definition) is 1. The Labute approximate surface area is 153 Å². The topological polar surface area (TPSA) is 66.8 Å². The van der Waals surface area contributed by atoms with Crippen LogP contribution in [0.5, 0.6) is 5.75 Å². The molecule has 0 aliphatic carbocycles. The van der Waals surface area contributed by atoms with Crippen molar-refractivity contribution in [1.82, 2.24) is 4.90 Å². The molecule has 0 saturated carbocycles. The summed E-state index contributed by atoms with van der Waals surface area (Å²) in [5.41, 5.74) is 2.55. The molecule has 142 valence electrons. The van der Waals surface area contributed by atoms with Crippen LogP contribution in [0.2, 0.25) is 0 Å². The molecule has 0 atom stereocenters. The quantitative estimate of drug-likeness (QED) is 0.884. The van der Waals surface area contributed by atoms with Crippen LogP contribution in [0.25, 0.3) is 0 Å². The highest BCUT2D eigenvalue weighted by Gasteiger charge is 2.31. The van der Waals surface area contributed by atoms with Crippen molar-refractivity contribution >= 4 is 11.9 Å². The summed E-state index contributed by atoms with van der Waals surface area (Å²) in [6, 6.07) is 10.0. The Morgan fingerprint density at radius 1 is 1.07 bits per heavy atom. The molecule has 0 fully saturated rings. The number of hydrogen-bond acceptors (Lipinski definition) is 3. The minimum atomic E-state index is -4.76. The summed E-state index contributed by atoms with van der Waals surface area (Å²) in [5, 5.41) is 9.09. The van der Waals surface area contributed by atoms with Gasteiger partial charge < -0.3 is 14.7 Å². The molecule has 0 bridgehead atoms. The van der Waals surface area contributed by atoms with E-state index in [0.717, 1.165) is 11.1 Å². The van der Waals surface area contributed by atoms with Crippen molar-refractivity contribution in [3.05, 3.63) is 64.7 Å². The first kappa shape index (κ1) is 18.8. The summed E-state index contributed by atoms with van der Waals surface area (Å²) in [4.78, 5) is 25.2. The molecule has 0 unspecified atom stereocenters. The first-order valence-electron chi connectivity index (χ1n) is 8.19. The standard InChI is InChI=1S/C19H16F3NO4/c20-19(21,22)27-16-5-1-12(2-6-16)9-17(24)23-8-7-13-3-4-14(18(25)26)10-15(13)11-23/h1-6,10H,7-9,11H2,(H,25,26). The predicted molar refractivity (Wildman–Crippen MR) is 89.4 cm³/mol. The average molecular weight is 379 g/mol. The Morgan fingerprint density at radius 2 is 1.78 bits per heavy atom. The van der Waals surface area contributed by atoms with Gasteiger partial charge in [-0.3, -0.25) is 4.79 Å². The number of rotatable bonds is 4. The number of carbonyl (C=O) groups excluding carboxylic acids is 1. The zero-order chi connectivity index (χ0) is 19.6. The molecule has 5 nitrogen and oxygen atoms in total. The van der Waals surface area contributed by atoms with Gasteiger partial charge in [0.15, 0.2) is 0 Å². The van der Waals surface area contributed by atoms with E-state index < -0.39 is 12.3 Å². The lowest BCUT2D eigenvalue weighted by Crippen LogP contribution is -2.37. The van der Waals surface area contributed by atoms with E-state index in [1.54, 1.807) is 23.1 Å². The van der Waals surface area contributed by atoms with E-state index in [4.69, 9.17) is 5.11 Å². The van der Waals surface area contributed by atoms with Gasteiger partial charge in [-0.2, -0.15) is 0 Å². The largest absolute Gasteiger partial charge is 0.573 e. The number of carbonyl (C=O) groups is 2. The number of ether oxygens (including phenoxy) is 1. The lowest BCUT2D eigenvalue weighted by atomic mass is 9.97. The van der Waals surface area contributed by atoms with Gasteiger partial charge in [0.05, 0.1) is 12.0 Å². The summed E-state index contributed by atoms with van der Waals surface area (Å²) >= 11 is 0. The Hall–Kier alpha value is -3.03. The molecule has 0 radical (unpaired) electrons. The van der Waals surface area contributed by atoms with Crippen LogP contribution in [0.15, 0.2) is 42.5 Å². The van der Waals surface area contributed by atoms with E-state index in [1.807, 2.05) is 0 Å². The summed E-state index contributed by atoms with van der Waals surface area (Å²) in [6.45, 7) is 0.818. The first-order valence-corrected chi connectivity index (χ1v) is 8.19. The molecule has 8 heteroatoms. The van der Waals surface area contributed by atoms with Crippen LogP contribution in [-0.4, -0.2) is 34.8 Å². The minimum Gasteiger partial charge on any atom is -0.478 e. The summed E-state index contributed by atoms with van der Waals surface area (Å²) in [5.74, 6) is -1.54. The average Bonchev–Trinajstić information content (AvgIpc) is 2.61. The highest BCUT2D eigenvalue weighted by atomic mass is 19.4. The third-order valence-corrected chi connectivity index (χ3v) is 4.33. The van der Waals surface area contributed by atoms with Gasteiger partial charge in [-0.25, -0.2) is 4.79 Å². The number of halogens is 3. The van der Waals surface area contributed by atoms with Crippen LogP contribution in [0, 0.1) is 0 Å². The maximum absolute atomic E-state index is 12.5. The molecule has 0 saturated heterocycles. The van der Waals surface area contributed by atoms with Crippen molar-refractivity contribution in [2.45, 2.75) is 25.7 Å². The fourth-order valence-electron chi connectivity index (χ4n) is 3.00. The van der Waals surface area contributed by atoms with Crippen LogP contribution in [0.4, 0.5) is 13.2 Å². The SMILES string of the molecule is O=C(O)c1ccc2c(c1)CN(C(=O)Cc1ccc(OC(F)(F)F)cc1)CC2. The summed E-state index contributed by atoms with van der Waals surface area (Å²) in [7, 11) is 0. The van der Waals surface area contributed by atoms with Gasteiger partial charge in [0.1, 0.15) is 5.75 Å². The van der Waals surface area contributed by atoms with Gasteiger partial charge in [-0.05, 0) is 47.4 Å². The van der Waals surface area contributed by atoms with Gasteiger partial charge in [-0.15, -0.1) is 13.2 Å². The molecule has 0 aromatic heterocycles. The monoisotopic (exact) mass is 379 g/mol. The van der Waals surface area contributed by atoms with Crippen molar-refractivity contribution in [3.8, 4) is 5.75 Å². The fraction of sp³-hybridized carbons (Fsp3) is 0.263. The van der Waals surface area contributed by atoms with Crippen LogP contribution in [-0.2, 0) is 24.2 Å². The maximum atomic E-state index is 12.5. The number of benzene rings is 2. The van der Waals surface area contributed by atoms with Crippen molar-refractivity contribution in [3.63, 3.8) is 0 Å². The van der Waals surface area contributed by atoms with Gasteiger partial charge in [0.25, 0.3) is 0 Å². The maximum Gasteiger partial charge on any atom is 0.573 e. The zero-order valence-corrected chi connectivity index (χ0v) is 14.1. The Morgan fingerprint density at radius 3 is 2.41 bits per heavy atom. The molecule has 0 spiro atoms. The van der Waals surface area contributed by atoms with E-state index in [0.29, 0.717) is 25.1 Å². The van der Waals surface area contributed by atoms with Gasteiger partial charge >= 0.3 is 12.3 Å². The molecule has 1 heterocycles. The molecule has 1 aliphatic heterocycles. The first-order chi connectivity index (χ1) is 12.7. The Kier molecular flexibility index (Phi) is 5.07. The van der Waals surface area contributed by atoms with Gasteiger partial charge in [0, 0.05) is 13.1 Å². The summed E-state index contributed by atoms with van der Waals surface area (Å²) in [6.07, 6.45) is -4.09. The van der Waals surface area contributed by atoms with Crippen molar-refractivity contribution < 1.29 is 32.6 Å². The van der Waals surface area contributed by atoms with Gasteiger partial charge in [-0.1, -0.05) is 18.2 Å². The number of fused-ring (bicyclic) bond motifs is 1. The van der Waals surface area contributed by atoms with E-state index in [1.165, 1.54) is 24.3 Å². The Balaban J connectivity index is 1.65. The number of carboxylic acids is 1. The molecular weight excluding hydrogens is 363 g/mol. The van der Waals surface area contributed by atoms with Crippen LogP contribution in [0.1, 0.15) is 27.0 Å². The van der Waals surface area contributed by atoms with E-state index >= 15 is 0 Å². The smallest absolute Gasteiger partial charge is 0.478 e. The van der Waals surface area contributed by atoms with Crippen LogP contribution in [0.3, 0.4) is 0 Å². The third-order valence-electron chi connectivity index (χ3n) is 4.33. The highest BCUT2D eigenvalue weighted by molar-refractivity contribution is 5.88. The number of alkyl halides is 3. The molecule has 1 aliphatic rings. The molecule has 2 aromatic carbocycles. The lowest BCUT2D eigenvalue weighted by Gasteiger charge is -2.29. The number of amides is 1. The lowest BCUT2D eigenvalue weighted by molar-refractivity contribution is -0.274. The molecule has 3 rings (SSSR count). The van der Waals surface area contributed by atoms with Crippen molar-refractivity contribution in [2.24, 2.45) is 0 Å². The van der Waals surface area contributed by atoms with E-state index in [9.17, 15) is 22.8 Å². The number of aromatic carboxylic acids is 1. The number of carboxylic acid groups (broad SMARTS) is 1. The van der Waals surface area contributed by atoms with Gasteiger partial charge in [0.2, 0.25) is 5.91 Å². The van der Waals surface area contributed by atoms with Crippen LogP contribution >= 0.6 is 0 Å². The Bertz CT molecular complexity index is 862. The van der Waals surface area contributed by atoms with Crippen molar-refractivity contribution in [1.29, 1.82) is 0 Å². The van der Waals surface area contributed by atoms with Crippen LogP contribution < -0.4 is 4.74 Å². The molecule has 1 N–H and O–H groups in total. The minimum absolute atomic E-state index is 0.0419. The van der Waals surface area contributed by atoms with Crippen molar-refractivity contribution in [2.75, 3.05) is 6.54 Å². The second-order valence-electron chi connectivity index (χ2n) is 6.22. The second-order valence-corrected chi connectivity index (χ2v) is 6.22. The van der Waals surface area contributed by atoms with E-state index in [-0.39, 0.29) is 23.6 Å². The molecule has 27 heavy (non-hydrogen) atoms. The molecular formula is C19H16F3NO4. The van der Waals surface area contributed by atoms with E-state index in [2.05, 4.69) is 4.74 Å². The molecule has 1 amide bonds. The zero-order valence-electron chi connectivity index (χ0n) is 14.1. The summed E-state index contributed by atoms with van der Waals surface area (Å²) < 4.78 is 40.3. The fourth-order valence-corrected chi connectivity index (χ4v) is 3.00. The third kappa shape index (κ3) is 4.78. The normalized spacial score (nSPS) is 13.8. The highest BCUT2D eigenvalue weighted by Crippen LogP contribution is 2.24. The molecule has 2 aromatic rings. The second kappa shape index (κ2) is 7.30. The predicted octanol–water partition coefficient (Wildman–Crippen LogP) is 3.41.